The molecule has 0 aliphatic rings. The Morgan fingerprint density at radius 3 is 2.15 bits per heavy atom. The van der Waals surface area contributed by atoms with Crippen molar-refractivity contribution in [1.29, 1.82) is 0 Å². The third-order valence-electron chi connectivity index (χ3n) is 1.18. The molecule has 4 heteroatoms. The second-order valence-corrected chi connectivity index (χ2v) is 2.00. The summed E-state index contributed by atoms with van der Waals surface area (Å²) in [4.78, 5) is 8.95. The van der Waals surface area contributed by atoms with Crippen molar-refractivity contribution in [1.82, 2.24) is 0 Å². The van der Waals surface area contributed by atoms with Crippen LogP contribution in [0.3, 0.4) is 0 Å². The molecule has 0 saturated heterocycles. The summed E-state index contributed by atoms with van der Waals surface area (Å²) in [6, 6.07) is 6.84. The van der Waals surface area contributed by atoms with Crippen LogP contribution in [-0.4, -0.2) is 25.8 Å². The zero-order valence-corrected chi connectivity index (χ0v) is 7.56. The van der Waals surface area contributed by atoms with Gasteiger partial charge in [-0.1, -0.05) is 12.1 Å². The van der Waals surface area contributed by atoms with Crippen molar-refractivity contribution < 1.29 is 19.4 Å². The maximum absolute atomic E-state index is 8.99. The molecule has 0 aliphatic heterocycles. The fourth-order valence-corrected chi connectivity index (χ4v) is 0.630. The van der Waals surface area contributed by atoms with E-state index in [1.165, 1.54) is 14.2 Å². The minimum Gasteiger partial charge on any atom is -0.504 e. The molecule has 72 valence electrons. The molecule has 0 amide bonds. The largest absolute Gasteiger partial charge is 0.504 e. The predicted molar refractivity (Wildman–Crippen MR) is 47.7 cm³/mol. The highest BCUT2D eigenvalue weighted by molar-refractivity contribution is 5.37. The van der Waals surface area contributed by atoms with Gasteiger partial charge < -0.3 is 14.6 Å². The minimum absolute atomic E-state index is 0.181. The second-order valence-electron chi connectivity index (χ2n) is 2.00. The van der Waals surface area contributed by atoms with Crippen LogP contribution in [-0.2, 0) is 9.53 Å². The van der Waals surface area contributed by atoms with Gasteiger partial charge in [0.2, 0.25) is 0 Å². The molecule has 1 N–H and O–H groups in total. The number of hydrogen-bond donors (Lipinski definition) is 1. The van der Waals surface area contributed by atoms with Crippen LogP contribution in [0.1, 0.15) is 0 Å². The molecule has 0 heterocycles. The molecule has 0 spiro atoms. The van der Waals surface area contributed by atoms with Gasteiger partial charge in [-0.3, -0.25) is 4.79 Å². The van der Waals surface area contributed by atoms with E-state index in [1.54, 1.807) is 24.3 Å². The second kappa shape index (κ2) is 6.97. The molecule has 4 nitrogen and oxygen atoms in total. The van der Waals surface area contributed by atoms with E-state index < -0.39 is 0 Å². The molecule has 0 saturated carbocycles. The first kappa shape index (κ1) is 11.3. The number of benzene rings is 1. The molecular weight excluding hydrogens is 172 g/mol. The highest BCUT2D eigenvalue weighted by Gasteiger charge is 1.94. The molecule has 0 aliphatic carbocycles. The highest BCUT2D eigenvalue weighted by atomic mass is 16.5. The van der Waals surface area contributed by atoms with Gasteiger partial charge in [0.1, 0.15) is 0 Å². The van der Waals surface area contributed by atoms with Crippen LogP contribution in [0.2, 0.25) is 0 Å². The molecule has 13 heavy (non-hydrogen) atoms. The number of ether oxygens (including phenoxy) is 2. The lowest BCUT2D eigenvalue weighted by Crippen LogP contribution is -1.80. The number of aromatic hydroxyl groups is 1. The van der Waals surface area contributed by atoms with Crippen molar-refractivity contribution >= 4 is 6.47 Å². The Balaban J connectivity index is 0.000000310. The van der Waals surface area contributed by atoms with E-state index in [-0.39, 0.29) is 5.75 Å². The average Bonchev–Trinajstić information content (AvgIpc) is 2.19. The maximum atomic E-state index is 8.99. The number of rotatable bonds is 2. The van der Waals surface area contributed by atoms with Crippen LogP contribution < -0.4 is 4.74 Å². The Morgan fingerprint density at radius 1 is 1.31 bits per heavy atom. The number of carbonyl (C=O) groups excluding carboxylic acids is 1. The van der Waals surface area contributed by atoms with Crippen molar-refractivity contribution in [2.24, 2.45) is 0 Å². The Labute approximate surface area is 76.7 Å². The average molecular weight is 184 g/mol. The SMILES string of the molecule is COC=O.COc1ccccc1O. The molecule has 1 aromatic carbocycles. The third-order valence-corrected chi connectivity index (χ3v) is 1.18. The van der Waals surface area contributed by atoms with Gasteiger partial charge in [0.25, 0.3) is 6.47 Å². The molecule has 1 rings (SSSR count). The van der Waals surface area contributed by atoms with Gasteiger partial charge >= 0.3 is 0 Å². The summed E-state index contributed by atoms with van der Waals surface area (Å²) >= 11 is 0. The standard InChI is InChI=1S/C7H8O2.C2H4O2/c1-9-7-5-3-2-4-6(7)8;1-4-2-3/h2-5,8H,1H3;2H,1H3. The van der Waals surface area contributed by atoms with E-state index in [9.17, 15) is 0 Å². The number of phenols is 1. The zero-order valence-electron chi connectivity index (χ0n) is 7.56. The first-order valence-electron chi connectivity index (χ1n) is 3.54. The van der Waals surface area contributed by atoms with Gasteiger partial charge in [0, 0.05) is 0 Å². The number of hydrogen-bond acceptors (Lipinski definition) is 4. The quantitative estimate of drug-likeness (QED) is 0.701. The summed E-state index contributed by atoms with van der Waals surface area (Å²) < 4.78 is 8.66. The number of para-hydroxylation sites is 2. The van der Waals surface area contributed by atoms with E-state index >= 15 is 0 Å². The Bertz CT molecular complexity index is 247. The van der Waals surface area contributed by atoms with Crippen LogP contribution in [0.25, 0.3) is 0 Å². The normalized spacial score (nSPS) is 7.85. The van der Waals surface area contributed by atoms with Crippen molar-refractivity contribution in [2.75, 3.05) is 14.2 Å². The van der Waals surface area contributed by atoms with Gasteiger partial charge in [-0.2, -0.15) is 0 Å². The van der Waals surface area contributed by atoms with Gasteiger partial charge in [0.15, 0.2) is 11.5 Å². The lowest BCUT2D eigenvalue weighted by atomic mass is 10.3. The van der Waals surface area contributed by atoms with E-state index in [2.05, 4.69) is 4.74 Å². The zero-order chi connectivity index (χ0) is 10.1. The monoisotopic (exact) mass is 184 g/mol. The summed E-state index contributed by atoms with van der Waals surface area (Å²) in [6.45, 7) is 0.375. The van der Waals surface area contributed by atoms with Crippen LogP contribution in [0.5, 0.6) is 11.5 Å². The molecule has 0 bridgehead atoms. The molecule has 0 unspecified atom stereocenters. The molecular formula is C9H12O4. The molecule has 0 radical (unpaired) electrons. The Morgan fingerprint density at radius 2 is 1.85 bits per heavy atom. The molecule has 1 aromatic rings. The minimum atomic E-state index is 0.181. The van der Waals surface area contributed by atoms with E-state index in [0.29, 0.717) is 12.2 Å². The highest BCUT2D eigenvalue weighted by Crippen LogP contribution is 2.22. The fraction of sp³-hybridized carbons (Fsp3) is 0.222. The smallest absolute Gasteiger partial charge is 0.292 e. The topological polar surface area (TPSA) is 55.8 Å². The summed E-state index contributed by atoms with van der Waals surface area (Å²) in [6.07, 6.45) is 0. The lowest BCUT2D eigenvalue weighted by Gasteiger charge is -1.99. The predicted octanol–water partition coefficient (Wildman–Crippen LogP) is 1.19. The number of carbonyl (C=O) groups is 1. The fourth-order valence-electron chi connectivity index (χ4n) is 0.630. The van der Waals surface area contributed by atoms with Crippen molar-refractivity contribution in [3.63, 3.8) is 0 Å². The maximum Gasteiger partial charge on any atom is 0.292 e. The van der Waals surface area contributed by atoms with Crippen molar-refractivity contribution in [3.05, 3.63) is 24.3 Å². The van der Waals surface area contributed by atoms with Gasteiger partial charge in [-0.15, -0.1) is 0 Å². The summed E-state index contributed by atoms with van der Waals surface area (Å²) in [5.41, 5.74) is 0. The Hall–Kier alpha value is -1.71. The lowest BCUT2D eigenvalue weighted by molar-refractivity contribution is -0.126. The molecule has 0 aromatic heterocycles. The van der Waals surface area contributed by atoms with Crippen LogP contribution in [0, 0.1) is 0 Å². The number of phenolic OH excluding ortho intramolecular Hbond substituents is 1. The van der Waals surface area contributed by atoms with E-state index in [0.717, 1.165) is 0 Å². The van der Waals surface area contributed by atoms with Crippen LogP contribution in [0.4, 0.5) is 0 Å². The first-order chi connectivity index (χ1) is 6.26. The Kier molecular flexibility index (Phi) is 6.05. The van der Waals surface area contributed by atoms with Gasteiger partial charge in [0.05, 0.1) is 14.2 Å². The van der Waals surface area contributed by atoms with Gasteiger partial charge in [-0.05, 0) is 12.1 Å². The molecule has 0 atom stereocenters. The third kappa shape index (κ3) is 4.68. The van der Waals surface area contributed by atoms with Gasteiger partial charge in [-0.25, -0.2) is 0 Å². The van der Waals surface area contributed by atoms with E-state index in [4.69, 9.17) is 14.6 Å². The molecule has 0 fully saturated rings. The number of methoxy groups -OCH3 is 2. The van der Waals surface area contributed by atoms with Crippen molar-refractivity contribution in [3.8, 4) is 11.5 Å². The van der Waals surface area contributed by atoms with Crippen LogP contribution in [0.15, 0.2) is 24.3 Å². The summed E-state index contributed by atoms with van der Waals surface area (Å²) in [5, 5.41) is 8.99. The summed E-state index contributed by atoms with van der Waals surface area (Å²) in [5.74, 6) is 0.692. The van der Waals surface area contributed by atoms with Crippen molar-refractivity contribution in [2.45, 2.75) is 0 Å². The summed E-state index contributed by atoms with van der Waals surface area (Å²) in [7, 11) is 2.84. The van der Waals surface area contributed by atoms with E-state index in [1.807, 2.05) is 0 Å². The van der Waals surface area contributed by atoms with Crippen LogP contribution >= 0.6 is 0 Å². The first-order valence-corrected chi connectivity index (χ1v) is 3.54.